The molecule has 0 amide bonds. The monoisotopic (exact) mass is 258 g/mol. The van der Waals surface area contributed by atoms with Gasteiger partial charge in [-0.15, -0.1) is 0 Å². The maximum atomic E-state index is 14.3. The second-order valence-electron chi connectivity index (χ2n) is 6.82. The van der Waals surface area contributed by atoms with Gasteiger partial charge in [0.25, 0.3) is 0 Å². The third-order valence-corrected chi connectivity index (χ3v) is 3.04. The average Bonchev–Trinajstić information content (AvgIpc) is 2.16. The van der Waals surface area contributed by atoms with Crippen LogP contribution < -0.4 is 0 Å². The van der Waals surface area contributed by atoms with Crippen LogP contribution in [0.25, 0.3) is 0 Å². The number of hydrogen-bond acceptors (Lipinski definition) is 0. The molecule has 1 aromatic rings. The van der Waals surface area contributed by atoms with E-state index in [2.05, 4.69) is 0 Å². The fraction of sp³-hybridized carbons (Fsp3) is 0.600. The fourth-order valence-corrected chi connectivity index (χ4v) is 2.19. The molecule has 0 atom stereocenters. The van der Waals surface area contributed by atoms with E-state index in [0.29, 0.717) is 0 Å². The summed E-state index contributed by atoms with van der Waals surface area (Å²) in [4.78, 5) is 0. The summed E-state index contributed by atoms with van der Waals surface area (Å²) in [6, 6.07) is 0. The molecule has 0 aliphatic carbocycles. The van der Waals surface area contributed by atoms with Gasteiger partial charge in [-0.1, -0.05) is 41.5 Å². The first-order valence-electron chi connectivity index (χ1n) is 6.07. The number of benzene rings is 1. The van der Waals surface area contributed by atoms with Crippen molar-refractivity contribution in [1.29, 1.82) is 0 Å². The van der Waals surface area contributed by atoms with Crippen molar-refractivity contribution in [2.24, 2.45) is 0 Å². The molecule has 0 saturated carbocycles. The van der Waals surface area contributed by atoms with Gasteiger partial charge in [0, 0.05) is 16.7 Å². The molecular formula is C15H21F3. The lowest BCUT2D eigenvalue weighted by molar-refractivity contribution is 0.416. The van der Waals surface area contributed by atoms with Crippen LogP contribution in [0.3, 0.4) is 0 Å². The normalized spacial score (nSPS) is 13.0. The minimum absolute atomic E-state index is 0.135. The molecule has 0 saturated heterocycles. The van der Waals surface area contributed by atoms with Crippen LogP contribution >= 0.6 is 0 Å². The Kier molecular flexibility index (Phi) is 3.59. The zero-order valence-corrected chi connectivity index (χ0v) is 12.1. The molecule has 0 aromatic heterocycles. The predicted molar refractivity (Wildman–Crippen MR) is 68.5 cm³/mol. The Balaban J connectivity index is 3.89. The molecule has 1 aromatic carbocycles. The Bertz CT molecular complexity index is 429. The second kappa shape index (κ2) is 4.29. The van der Waals surface area contributed by atoms with Crippen LogP contribution in [0.4, 0.5) is 13.2 Å². The third kappa shape index (κ3) is 2.40. The second-order valence-corrected chi connectivity index (χ2v) is 6.82. The zero-order chi connectivity index (χ0) is 14.5. The molecule has 0 radical (unpaired) electrons. The Morgan fingerprint density at radius 2 is 0.944 bits per heavy atom. The summed E-state index contributed by atoms with van der Waals surface area (Å²) >= 11 is 0. The van der Waals surface area contributed by atoms with E-state index in [1.165, 1.54) is 6.92 Å². The largest absolute Gasteiger partial charge is 0.206 e. The maximum absolute atomic E-state index is 14.3. The first-order chi connectivity index (χ1) is 7.89. The number of rotatable bonds is 0. The van der Waals surface area contributed by atoms with Crippen molar-refractivity contribution in [1.82, 2.24) is 0 Å². The summed E-state index contributed by atoms with van der Waals surface area (Å²) in [5, 5.41) is 0. The van der Waals surface area contributed by atoms with Gasteiger partial charge in [-0.3, -0.25) is 0 Å². The van der Waals surface area contributed by atoms with E-state index in [4.69, 9.17) is 0 Å². The predicted octanol–water partition coefficient (Wildman–Crippen LogP) is 5.01. The van der Waals surface area contributed by atoms with E-state index in [1.807, 2.05) is 0 Å². The Morgan fingerprint density at radius 1 is 0.611 bits per heavy atom. The highest BCUT2D eigenvalue weighted by molar-refractivity contribution is 5.43. The summed E-state index contributed by atoms with van der Waals surface area (Å²) < 4.78 is 42.2. The van der Waals surface area contributed by atoms with Crippen LogP contribution in [0.1, 0.15) is 58.2 Å². The Hall–Kier alpha value is -0.990. The molecular weight excluding hydrogens is 237 g/mol. The molecule has 0 bridgehead atoms. The summed E-state index contributed by atoms with van der Waals surface area (Å²) in [6.45, 7) is 12.0. The van der Waals surface area contributed by atoms with Gasteiger partial charge in [-0.25, -0.2) is 13.2 Å². The van der Waals surface area contributed by atoms with Crippen LogP contribution in [0.5, 0.6) is 0 Å². The van der Waals surface area contributed by atoms with Gasteiger partial charge >= 0.3 is 0 Å². The van der Waals surface area contributed by atoms with Crippen molar-refractivity contribution < 1.29 is 13.2 Å². The first kappa shape index (κ1) is 15.1. The molecule has 102 valence electrons. The SMILES string of the molecule is Cc1c(F)c(F)c(C(C)(C)C)c(C(C)(C)C)c1F. The minimum atomic E-state index is -1.08. The number of halogens is 3. The molecule has 1 rings (SSSR count). The summed E-state index contributed by atoms with van der Waals surface area (Å²) in [6.07, 6.45) is 0. The molecule has 0 heterocycles. The van der Waals surface area contributed by atoms with Gasteiger partial charge in [-0.2, -0.15) is 0 Å². The van der Waals surface area contributed by atoms with E-state index < -0.39 is 28.3 Å². The molecule has 0 N–H and O–H groups in total. The average molecular weight is 258 g/mol. The van der Waals surface area contributed by atoms with Crippen molar-refractivity contribution in [3.8, 4) is 0 Å². The lowest BCUT2D eigenvalue weighted by Crippen LogP contribution is -2.27. The van der Waals surface area contributed by atoms with Gasteiger partial charge < -0.3 is 0 Å². The van der Waals surface area contributed by atoms with E-state index in [1.54, 1.807) is 41.5 Å². The van der Waals surface area contributed by atoms with E-state index in [0.717, 1.165) is 0 Å². The van der Waals surface area contributed by atoms with Crippen molar-refractivity contribution in [2.75, 3.05) is 0 Å². The van der Waals surface area contributed by atoms with Gasteiger partial charge in [0.1, 0.15) is 5.82 Å². The summed E-state index contributed by atoms with van der Waals surface area (Å²) in [5.41, 5.74) is -1.07. The highest BCUT2D eigenvalue weighted by Gasteiger charge is 2.34. The molecule has 0 fully saturated rings. The fourth-order valence-electron chi connectivity index (χ4n) is 2.19. The van der Waals surface area contributed by atoms with Gasteiger partial charge in [0.2, 0.25) is 0 Å². The third-order valence-electron chi connectivity index (χ3n) is 3.04. The van der Waals surface area contributed by atoms with Crippen molar-refractivity contribution >= 4 is 0 Å². The highest BCUT2D eigenvalue weighted by Crippen LogP contribution is 2.39. The van der Waals surface area contributed by atoms with Crippen LogP contribution in [0, 0.1) is 24.4 Å². The molecule has 18 heavy (non-hydrogen) atoms. The van der Waals surface area contributed by atoms with Crippen LogP contribution in [-0.4, -0.2) is 0 Å². The Morgan fingerprint density at radius 3 is 1.28 bits per heavy atom. The number of hydrogen-bond donors (Lipinski definition) is 0. The lowest BCUT2D eigenvalue weighted by atomic mass is 9.74. The quantitative estimate of drug-likeness (QED) is 0.574. The van der Waals surface area contributed by atoms with E-state index in [-0.39, 0.29) is 16.7 Å². The van der Waals surface area contributed by atoms with Gasteiger partial charge in [-0.05, 0) is 17.8 Å². The topological polar surface area (TPSA) is 0 Å². The minimum Gasteiger partial charge on any atom is -0.206 e. The smallest absolute Gasteiger partial charge is 0.164 e. The van der Waals surface area contributed by atoms with E-state index in [9.17, 15) is 13.2 Å². The highest BCUT2D eigenvalue weighted by atomic mass is 19.2. The lowest BCUT2D eigenvalue weighted by Gasteiger charge is -2.31. The summed E-state index contributed by atoms with van der Waals surface area (Å²) in [7, 11) is 0. The van der Waals surface area contributed by atoms with E-state index >= 15 is 0 Å². The van der Waals surface area contributed by atoms with Crippen LogP contribution in [0.15, 0.2) is 0 Å². The van der Waals surface area contributed by atoms with Gasteiger partial charge in [0.05, 0.1) is 0 Å². The maximum Gasteiger partial charge on any atom is 0.164 e. The van der Waals surface area contributed by atoms with Crippen LogP contribution in [0.2, 0.25) is 0 Å². The molecule has 0 nitrogen and oxygen atoms in total. The molecule has 0 unspecified atom stereocenters. The van der Waals surface area contributed by atoms with Crippen molar-refractivity contribution in [3.05, 3.63) is 34.1 Å². The summed E-state index contributed by atoms with van der Waals surface area (Å²) in [5.74, 6) is -2.64. The van der Waals surface area contributed by atoms with Crippen LogP contribution in [-0.2, 0) is 10.8 Å². The Labute approximate surface area is 107 Å². The zero-order valence-electron chi connectivity index (χ0n) is 12.1. The molecule has 0 aliphatic rings. The first-order valence-corrected chi connectivity index (χ1v) is 6.07. The van der Waals surface area contributed by atoms with Gasteiger partial charge in [0.15, 0.2) is 11.6 Å². The van der Waals surface area contributed by atoms with Crippen molar-refractivity contribution in [3.63, 3.8) is 0 Å². The molecule has 3 heteroatoms. The van der Waals surface area contributed by atoms with Crippen molar-refractivity contribution in [2.45, 2.75) is 59.3 Å². The molecule has 0 aliphatic heterocycles. The standard InChI is InChI=1S/C15H21F3/c1-8-11(16)9(14(2,3)4)10(15(5,6)7)13(18)12(8)17/h1-7H3. The molecule has 0 spiro atoms.